The second-order valence-corrected chi connectivity index (χ2v) is 5.48. The van der Waals surface area contributed by atoms with Crippen molar-refractivity contribution < 1.29 is 9.90 Å². The van der Waals surface area contributed by atoms with Crippen molar-refractivity contribution >= 4 is 29.2 Å². The Hall–Kier alpha value is -1.55. The maximum absolute atomic E-state index is 9.70. The van der Waals surface area contributed by atoms with Gasteiger partial charge in [0.05, 0.1) is 6.54 Å². The van der Waals surface area contributed by atoms with Crippen LogP contribution in [-0.2, 0) is 11.2 Å². The highest BCUT2D eigenvalue weighted by Gasteiger charge is 1.96. The van der Waals surface area contributed by atoms with Crippen molar-refractivity contribution in [2.45, 2.75) is 27.2 Å². The molecule has 0 atom stereocenters. The number of hydrogen-bond acceptors (Lipinski definition) is 2. The zero-order valence-electron chi connectivity index (χ0n) is 14.4. The molecule has 0 heterocycles. The van der Waals surface area contributed by atoms with Crippen LogP contribution in [0.1, 0.15) is 31.9 Å². The third-order valence-corrected chi connectivity index (χ3v) is 3.26. The molecule has 0 saturated heterocycles. The van der Waals surface area contributed by atoms with Crippen LogP contribution in [0.5, 0.6) is 0 Å². The van der Waals surface area contributed by atoms with Gasteiger partial charge in [-0.3, -0.25) is 4.79 Å². The summed E-state index contributed by atoms with van der Waals surface area (Å²) >= 11 is 11.6. The first-order chi connectivity index (χ1) is 11.5. The highest BCUT2D eigenvalue weighted by molar-refractivity contribution is 6.30. The fourth-order valence-electron chi connectivity index (χ4n) is 1.67. The topological polar surface area (TPSA) is 49.3 Å². The molecule has 0 aliphatic carbocycles. The second-order valence-electron chi connectivity index (χ2n) is 4.60. The van der Waals surface area contributed by atoms with E-state index in [9.17, 15) is 4.79 Å². The first kappa shape index (κ1) is 22.4. The quantitative estimate of drug-likeness (QED) is 0.752. The van der Waals surface area contributed by atoms with Crippen LogP contribution in [0.3, 0.4) is 0 Å². The molecule has 2 aromatic carbocycles. The van der Waals surface area contributed by atoms with Crippen LogP contribution >= 0.6 is 23.2 Å². The van der Waals surface area contributed by atoms with Crippen molar-refractivity contribution in [1.82, 2.24) is 5.32 Å². The van der Waals surface area contributed by atoms with Crippen molar-refractivity contribution in [3.05, 3.63) is 69.7 Å². The molecule has 24 heavy (non-hydrogen) atoms. The lowest BCUT2D eigenvalue weighted by molar-refractivity contribution is -0.135. The van der Waals surface area contributed by atoms with Gasteiger partial charge < -0.3 is 10.4 Å². The van der Waals surface area contributed by atoms with E-state index in [4.69, 9.17) is 28.3 Å². The molecule has 0 aliphatic heterocycles. The zero-order valence-corrected chi connectivity index (χ0v) is 15.9. The van der Waals surface area contributed by atoms with E-state index >= 15 is 0 Å². The molecule has 132 valence electrons. The number of carboxylic acids is 1. The van der Waals surface area contributed by atoms with Gasteiger partial charge in [0.25, 0.3) is 0 Å². The Morgan fingerprint density at radius 2 is 1.29 bits per heavy atom. The largest absolute Gasteiger partial charge is 0.480 e. The Morgan fingerprint density at radius 3 is 1.54 bits per heavy atom. The Morgan fingerprint density at radius 1 is 0.917 bits per heavy atom. The Bertz CT molecular complexity index is 525. The third-order valence-electron chi connectivity index (χ3n) is 2.76. The lowest BCUT2D eigenvalue weighted by Crippen LogP contribution is -2.21. The number of rotatable bonds is 5. The summed E-state index contributed by atoms with van der Waals surface area (Å²) in [5, 5.41) is 12.2. The lowest BCUT2D eigenvalue weighted by atomic mass is 10.1. The predicted octanol–water partition coefficient (Wildman–Crippen LogP) is 5.29. The minimum absolute atomic E-state index is 0.0660. The maximum atomic E-state index is 9.70. The van der Waals surface area contributed by atoms with Gasteiger partial charge in [-0.1, -0.05) is 68.2 Å². The summed E-state index contributed by atoms with van der Waals surface area (Å²) in [4.78, 5) is 9.70. The van der Waals surface area contributed by atoms with Gasteiger partial charge in [-0.25, -0.2) is 0 Å². The fraction of sp³-hybridized carbons (Fsp3) is 0.316. The van der Waals surface area contributed by atoms with Gasteiger partial charge in [0.2, 0.25) is 0 Å². The minimum Gasteiger partial charge on any atom is -0.480 e. The van der Waals surface area contributed by atoms with E-state index in [-0.39, 0.29) is 6.54 Å². The molecule has 0 aromatic heterocycles. The minimum atomic E-state index is -0.804. The van der Waals surface area contributed by atoms with Crippen LogP contribution < -0.4 is 5.32 Å². The third kappa shape index (κ3) is 11.1. The number of halogens is 2. The molecule has 0 amide bonds. The van der Waals surface area contributed by atoms with Crippen LogP contribution in [0.4, 0.5) is 0 Å². The van der Waals surface area contributed by atoms with Crippen molar-refractivity contribution in [3.63, 3.8) is 0 Å². The number of aliphatic carboxylic acids is 1. The van der Waals surface area contributed by atoms with E-state index in [2.05, 4.69) is 5.32 Å². The van der Waals surface area contributed by atoms with Gasteiger partial charge in [-0.05, 0) is 48.4 Å². The summed E-state index contributed by atoms with van der Waals surface area (Å²) in [7, 11) is 0. The SMILES string of the molecule is CC.CCNCC(=O)O.Clc1ccc(Cc2ccc(Cl)cc2)cc1. The van der Waals surface area contributed by atoms with Crippen LogP contribution in [0.2, 0.25) is 10.0 Å². The molecule has 0 aliphatic rings. The average Bonchev–Trinajstić information content (AvgIpc) is 2.59. The molecule has 2 rings (SSSR count). The van der Waals surface area contributed by atoms with E-state index in [0.29, 0.717) is 6.54 Å². The molecule has 2 N–H and O–H groups in total. The van der Waals surface area contributed by atoms with Crippen molar-refractivity contribution in [3.8, 4) is 0 Å². The van der Waals surface area contributed by atoms with Gasteiger partial charge in [-0.15, -0.1) is 0 Å². The van der Waals surface area contributed by atoms with Gasteiger partial charge in [0, 0.05) is 10.0 Å². The summed E-state index contributed by atoms with van der Waals surface area (Å²) in [6.07, 6.45) is 0.911. The van der Waals surface area contributed by atoms with Gasteiger partial charge >= 0.3 is 5.97 Å². The number of benzene rings is 2. The molecule has 3 nitrogen and oxygen atoms in total. The number of carbonyl (C=O) groups is 1. The Balaban J connectivity index is 0.000000501. The van der Waals surface area contributed by atoms with Crippen molar-refractivity contribution in [1.29, 1.82) is 0 Å². The fourth-order valence-corrected chi connectivity index (χ4v) is 1.92. The van der Waals surface area contributed by atoms with E-state index in [1.807, 2.05) is 69.3 Å². The highest BCUT2D eigenvalue weighted by Crippen LogP contribution is 2.15. The average molecular weight is 370 g/mol. The number of hydrogen-bond donors (Lipinski definition) is 2. The Kier molecular flexibility index (Phi) is 13.0. The van der Waals surface area contributed by atoms with Gasteiger partial charge in [0.15, 0.2) is 0 Å². The van der Waals surface area contributed by atoms with Crippen LogP contribution in [0, 0.1) is 0 Å². The van der Waals surface area contributed by atoms with Crippen LogP contribution in [0.15, 0.2) is 48.5 Å². The number of carboxylic acid groups (broad SMARTS) is 1. The van der Waals surface area contributed by atoms with E-state index in [1.54, 1.807) is 0 Å². The molecule has 0 radical (unpaired) electrons. The molecular weight excluding hydrogens is 345 g/mol. The molecule has 0 unspecified atom stereocenters. The second kappa shape index (κ2) is 13.8. The van der Waals surface area contributed by atoms with E-state index in [0.717, 1.165) is 16.5 Å². The summed E-state index contributed by atoms with van der Waals surface area (Å²) in [5.41, 5.74) is 2.50. The smallest absolute Gasteiger partial charge is 0.317 e. The molecule has 0 saturated carbocycles. The zero-order chi connectivity index (χ0) is 18.4. The first-order valence-corrected chi connectivity index (χ1v) is 8.68. The summed E-state index contributed by atoms with van der Waals surface area (Å²) in [6, 6.07) is 15.8. The Labute approximate surface area is 154 Å². The van der Waals surface area contributed by atoms with E-state index in [1.165, 1.54) is 11.1 Å². The lowest BCUT2D eigenvalue weighted by Gasteiger charge is -2.02. The number of likely N-dealkylation sites (N-methyl/N-ethyl adjacent to an activating group) is 1. The summed E-state index contributed by atoms with van der Waals surface area (Å²) in [6.45, 7) is 6.64. The van der Waals surface area contributed by atoms with Crippen molar-refractivity contribution in [2.75, 3.05) is 13.1 Å². The molecule has 0 spiro atoms. The number of nitrogens with one attached hydrogen (secondary N) is 1. The predicted molar refractivity (Wildman–Crippen MR) is 103 cm³/mol. The molecule has 2 aromatic rings. The monoisotopic (exact) mass is 369 g/mol. The molecular formula is C19H25Cl2NO2. The standard InChI is InChI=1S/C13H10Cl2.C4H9NO2.C2H6/c14-12-5-1-10(2-6-12)9-11-3-7-13(15)8-4-11;1-2-5-3-4(6)7;1-2/h1-8H,9H2;5H,2-3H2,1H3,(H,6,7);1-2H3. The van der Waals surface area contributed by atoms with Crippen LogP contribution in [-0.4, -0.2) is 24.2 Å². The van der Waals surface area contributed by atoms with Crippen LogP contribution in [0.25, 0.3) is 0 Å². The maximum Gasteiger partial charge on any atom is 0.317 e. The summed E-state index contributed by atoms with van der Waals surface area (Å²) < 4.78 is 0. The highest BCUT2D eigenvalue weighted by atomic mass is 35.5. The normalized spacial score (nSPS) is 9.21. The van der Waals surface area contributed by atoms with Gasteiger partial charge in [-0.2, -0.15) is 0 Å². The first-order valence-electron chi connectivity index (χ1n) is 7.92. The van der Waals surface area contributed by atoms with Crippen molar-refractivity contribution in [2.24, 2.45) is 0 Å². The molecule has 0 fully saturated rings. The summed E-state index contributed by atoms with van der Waals surface area (Å²) in [5.74, 6) is -0.804. The molecule has 0 bridgehead atoms. The molecule has 5 heteroatoms. The van der Waals surface area contributed by atoms with Gasteiger partial charge in [0.1, 0.15) is 0 Å². The van der Waals surface area contributed by atoms with E-state index < -0.39 is 5.97 Å².